The average molecular weight is 403 g/mol. The van der Waals surface area contributed by atoms with Crippen LogP contribution in [0.5, 0.6) is 5.88 Å². The van der Waals surface area contributed by atoms with Gasteiger partial charge in [-0.05, 0) is 74.5 Å². The van der Waals surface area contributed by atoms with Crippen LogP contribution in [0.3, 0.4) is 0 Å². The molecule has 0 fully saturated rings. The molecule has 0 saturated heterocycles. The van der Waals surface area contributed by atoms with Crippen molar-refractivity contribution in [1.82, 2.24) is 9.97 Å². The first-order valence-electron chi connectivity index (χ1n) is 11.0. The van der Waals surface area contributed by atoms with Crippen LogP contribution in [0.2, 0.25) is 0 Å². The van der Waals surface area contributed by atoms with Crippen molar-refractivity contribution in [3.63, 3.8) is 0 Å². The molecule has 0 aromatic carbocycles. The predicted octanol–water partition coefficient (Wildman–Crippen LogP) is 6.64. The average Bonchev–Trinajstić information content (AvgIpc) is 2.73. The molecular weight excluding hydrogens is 370 g/mol. The van der Waals surface area contributed by atoms with Crippen molar-refractivity contribution in [3.05, 3.63) is 53.0 Å². The molecule has 2 aromatic rings. The molecular formula is C24H32F2N2O. The normalized spacial score (nSPS) is 14.6. The fraction of sp³-hybridized carbons (Fsp3) is 0.583. The van der Waals surface area contributed by atoms with E-state index in [1.807, 2.05) is 6.07 Å². The third-order valence-corrected chi connectivity index (χ3v) is 5.90. The number of alkyl halides is 2. The van der Waals surface area contributed by atoms with E-state index in [-0.39, 0.29) is 5.88 Å². The first-order valence-corrected chi connectivity index (χ1v) is 11.0. The quantitative estimate of drug-likeness (QED) is 0.395. The molecule has 2 heterocycles. The lowest BCUT2D eigenvalue weighted by molar-refractivity contribution is -0.0528. The molecule has 3 rings (SSSR count). The number of pyridine rings is 2. The van der Waals surface area contributed by atoms with Gasteiger partial charge in [0.15, 0.2) is 0 Å². The second-order valence-electron chi connectivity index (χ2n) is 7.98. The molecule has 5 heteroatoms. The van der Waals surface area contributed by atoms with Crippen LogP contribution in [0.1, 0.15) is 86.7 Å². The van der Waals surface area contributed by atoms with E-state index in [4.69, 9.17) is 4.98 Å². The Morgan fingerprint density at radius 1 is 1.00 bits per heavy atom. The standard InChI is InChI=1S/C24H32F2N2O/c1-2-18(20-14-16-23(27-17-20)29-24(25)26)9-5-3-4-6-11-21-15-13-19-10-7-8-12-22(19)28-21/h13-18,24H,2-12H2,1H3. The molecule has 2 aromatic heterocycles. The summed E-state index contributed by atoms with van der Waals surface area (Å²) in [6.45, 7) is -0.664. The highest BCUT2D eigenvalue weighted by atomic mass is 19.3. The molecule has 0 bridgehead atoms. The summed E-state index contributed by atoms with van der Waals surface area (Å²) in [6, 6.07) is 7.90. The van der Waals surface area contributed by atoms with E-state index in [0.29, 0.717) is 5.92 Å². The zero-order valence-electron chi connectivity index (χ0n) is 17.4. The van der Waals surface area contributed by atoms with Gasteiger partial charge < -0.3 is 4.74 Å². The maximum Gasteiger partial charge on any atom is 0.388 e. The first kappa shape index (κ1) is 21.7. The Morgan fingerprint density at radius 2 is 1.83 bits per heavy atom. The van der Waals surface area contributed by atoms with Crippen molar-refractivity contribution >= 4 is 0 Å². The Morgan fingerprint density at radius 3 is 2.59 bits per heavy atom. The van der Waals surface area contributed by atoms with Crippen LogP contribution >= 0.6 is 0 Å². The maximum atomic E-state index is 12.2. The molecule has 0 saturated carbocycles. The van der Waals surface area contributed by atoms with E-state index in [2.05, 4.69) is 28.8 Å². The molecule has 0 radical (unpaired) electrons. The van der Waals surface area contributed by atoms with E-state index in [1.54, 1.807) is 6.20 Å². The van der Waals surface area contributed by atoms with Gasteiger partial charge in [-0.3, -0.25) is 4.98 Å². The topological polar surface area (TPSA) is 35.0 Å². The van der Waals surface area contributed by atoms with Crippen molar-refractivity contribution in [2.24, 2.45) is 0 Å². The molecule has 1 aliphatic rings. The van der Waals surface area contributed by atoms with Gasteiger partial charge in [-0.15, -0.1) is 0 Å². The summed E-state index contributed by atoms with van der Waals surface area (Å²) in [4.78, 5) is 8.87. The molecule has 29 heavy (non-hydrogen) atoms. The summed E-state index contributed by atoms with van der Waals surface area (Å²) in [7, 11) is 0. The SMILES string of the molecule is CCC(CCCCCCc1ccc2c(n1)CCCC2)c1ccc(OC(F)F)nc1. The number of aryl methyl sites for hydroxylation is 3. The number of halogens is 2. The number of nitrogens with zero attached hydrogens (tertiary/aromatic N) is 2. The molecule has 0 aliphatic heterocycles. The minimum atomic E-state index is -2.83. The minimum absolute atomic E-state index is 0.0191. The monoisotopic (exact) mass is 402 g/mol. The summed E-state index contributed by atoms with van der Waals surface area (Å²) in [5.41, 5.74) is 5.13. The van der Waals surface area contributed by atoms with Crippen molar-refractivity contribution in [2.45, 2.75) is 90.1 Å². The van der Waals surface area contributed by atoms with Gasteiger partial charge >= 0.3 is 6.61 Å². The molecule has 0 spiro atoms. The van der Waals surface area contributed by atoms with Crippen LogP contribution in [0.15, 0.2) is 30.5 Å². The molecule has 1 aliphatic carbocycles. The fourth-order valence-corrected chi connectivity index (χ4v) is 4.22. The van der Waals surface area contributed by atoms with E-state index >= 15 is 0 Å². The number of hydrogen-bond donors (Lipinski definition) is 0. The number of rotatable bonds is 11. The fourth-order valence-electron chi connectivity index (χ4n) is 4.22. The highest BCUT2D eigenvalue weighted by Gasteiger charge is 2.12. The van der Waals surface area contributed by atoms with Gasteiger partial charge in [-0.25, -0.2) is 4.98 Å². The van der Waals surface area contributed by atoms with Crippen molar-refractivity contribution in [3.8, 4) is 5.88 Å². The summed E-state index contributed by atoms with van der Waals surface area (Å²) < 4.78 is 28.8. The highest BCUT2D eigenvalue weighted by molar-refractivity contribution is 5.25. The lowest BCUT2D eigenvalue weighted by Crippen LogP contribution is -2.07. The number of fused-ring (bicyclic) bond motifs is 1. The van der Waals surface area contributed by atoms with Crippen LogP contribution in [0.25, 0.3) is 0 Å². The Kier molecular flexibility index (Phi) is 8.38. The smallest absolute Gasteiger partial charge is 0.388 e. The molecule has 1 atom stereocenters. The van der Waals surface area contributed by atoms with E-state index in [1.165, 1.54) is 68.0 Å². The lowest BCUT2D eigenvalue weighted by atomic mass is 9.92. The summed E-state index contributed by atoms with van der Waals surface area (Å²) >= 11 is 0. The van der Waals surface area contributed by atoms with Gasteiger partial charge in [0.25, 0.3) is 0 Å². The summed E-state index contributed by atoms with van der Waals surface area (Å²) in [6.07, 6.45) is 14.6. The molecule has 158 valence electrons. The van der Waals surface area contributed by atoms with Crippen LogP contribution in [-0.2, 0) is 19.3 Å². The zero-order valence-corrected chi connectivity index (χ0v) is 17.4. The van der Waals surface area contributed by atoms with E-state index in [9.17, 15) is 8.78 Å². The third-order valence-electron chi connectivity index (χ3n) is 5.90. The van der Waals surface area contributed by atoms with Gasteiger partial charge in [-0.2, -0.15) is 8.78 Å². The lowest BCUT2D eigenvalue weighted by Gasteiger charge is -2.16. The Hall–Kier alpha value is -2.04. The zero-order chi connectivity index (χ0) is 20.5. The van der Waals surface area contributed by atoms with Gasteiger partial charge in [-0.1, -0.05) is 38.3 Å². The molecule has 1 unspecified atom stereocenters. The Balaban J connectivity index is 1.36. The molecule has 0 amide bonds. The highest BCUT2D eigenvalue weighted by Crippen LogP contribution is 2.27. The van der Waals surface area contributed by atoms with Crippen molar-refractivity contribution in [2.75, 3.05) is 0 Å². The number of aromatic nitrogens is 2. The largest absolute Gasteiger partial charge is 0.417 e. The van der Waals surface area contributed by atoms with Crippen LogP contribution < -0.4 is 4.74 Å². The minimum Gasteiger partial charge on any atom is -0.417 e. The number of hydrogen-bond acceptors (Lipinski definition) is 3. The van der Waals surface area contributed by atoms with Gasteiger partial charge in [0, 0.05) is 23.7 Å². The third kappa shape index (κ3) is 6.76. The van der Waals surface area contributed by atoms with Gasteiger partial charge in [0.1, 0.15) is 0 Å². The van der Waals surface area contributed by atoms with Crippen LogP contribution in [0, 0.1) is 0 Å². The van der Waals surface area contributed by atoms with Crippen molar-refractivity contribution in [1.29, 1.82) is 0 Å². The summed E-state index contributed by atoms with van der Waals surface area (Å²) in [5, 5.41) is 0. The van der Waals surface area contributed by atoms with E-state index in [0.717, 1.165) is 31.2 Å². The predicted molar refractivity (Wildman–Crippen MR) is 112 cm³/mol. The molecule has 3 nitrogen and oxygen atoms in total. The Labute approximate surface area is 172 Å². The number of unbranched alkanes of at least 4 members (excludes halogenated alkanes) is 3. The van der Waals surface area contributed by atoms with Gasteiger partial charge in [0.05, 0.1) is 0 Å². The second-order valence-corrected chi connectivity index (χ2v) is 7.98. The van der Waals surface area contributed by atoms with Crippen LogP contribution in [0.4, 0.5) is 8.78 Å². The second kappa shape index (κ2) is 11.2. The van der Waals surface area contributed by atoms with Crippen molar-refractivity contribution < 1.29 is 13.5 Å². The number of ether oxygens (including phenoxy) is 1. The van der Waals surface area contributed by atoms with Gasteiger partial charge in [0.2, 0.25) is 5.88 Å². The maximum absolute atomic E-state index is 12.2. The first-order chi connectivity index (χ1) is 14.2. The summed E-state index contributed by atoms with van der Waals surface area (Å²) in [5.74, 6) is 0.403. The van der Waals surface area contributed by atoms with Crippen LogP contribution in [-0.4, -0.2) is 16.6 Å². The Bertz CT molecular complexity index is 749. The molecule has 0 N–H and O–H groups in total. The van der Waals surface area contributed by atoms with E-state index < -0.39 is 6.61 Å².